The van der Waals surface area contributed by atoms with Crippen molar-refractivity contribution in [1.29, 1.82) is 0 Å². The summed E-state index contributed by atoms with van der Waals surface area (Å²) < 4.78 is 26.2. The molecule has 0 fully saturated rings. The Morgan fingerprint density at radius 1 is 1.11 bits per heavy atom. The van der Waals surface area contributed by atoms with Gasteiger partial charge in [0, 0.05) is 6.04 Å². The zero-order valence-corrected chi connectivity index (χ0v) is 11.1. The molecule has 0 heterocycles. The molecule has 0 spiro atoms. The lowest BCUT2D eigenvalue weighted by molar-refractivity contribution is 0.495. The van der Waals surface area contributed by atoms with Gasteiger partial charge in [-0.05, 0) is 44.1 Å². The molecular formula is C14H22F2N2. The molecule has 0 saturated heterocycles. The Balaban J connectivity index is 2.13. The van der Waals surface area contributed by atoms with E-state index in [9.17, 15) is 8.78 Å². The minimum absolute atomic E-state index is 0.433. The number of halogens is 2. The summed E-state index contributed by atoms with van der Waals surface area (Å²) in [5, 5.41) is 6.55. The lowest BCUT2D eigenvalue weighted by Gasteiger charge is -2.09. The van der Waals surface area contributed by atoms with Crippen LogP contribution in [-0.2, 0) is 6.42 Å². The first-order valence-electron chi connectivity index (χ1n) is 6.48. The summed E-state index contributed by atoms with van der Waals surface area (Å²) in [5.41, 5.74) is 0.433. The largest absolute Gasteiger partial charge is 0.316 e. The van der Waals surface area contributed by atoms with Crippen molar-refractivity contribution in [2.45, 2.75) is 32.7 Å². The van der Waals surface area contributed by atoms with E-state index in [-0.39, 0.29) is 0 Å². The molecule has 0 amide bonds. The topological polar surface area (TPSA) is 24.1 Å². The van der Waals surface area contributed by atoms with Crippen LogP contribution >= 0.6 is 0 Å². The molecule has 0 unspecified atom stereocenters. The summed E-state index contributed by atoms with van der Waals surface area (Å²) in [6.45, 7) is 6.75. The van der Waals surface area contributed by atoms with Gasteiger partial charge in [-0.1, -0.05) is 26.0 Å². The average Bonchev–Trinajstić information content (AvgIpc) is 2.32. The third-order valence-electron chi connectivity index (χ3n) is 2.69. The van der Waals surface area contributed by atoms with Gasteiger partial charge >= 0.3 is 0 Å². The van der Waals surface area contributed by atoms with Crippen LogP contribution in [-0.4, -0.2) is 25.7 Å². The number of benzene rings is 1. The van der Waals surface area contributed by atoms with Crippen LogP contribution in [0.5, 0.6) is 0 Å². The maximum absolute atomic E-state index is 13.3. The van der Waals surface area contributed by atoms with Crippen molar-refractivity contribution in [3.8, 4) is 0 Å². The van der Waals surface area contributed by atoms with Crippen LogP contribution in [0.15, 0.2) is 18.2 Å². The summed E-state index contributed by atoms with van der Waals surface area (Å²) in [6.07, 6.45) is 1.55. The molecule has 0 bridgehead atoms. The molecule has 0 radical (unpaired) electrons. The van der Waals surface area contributed by atoms with E-state index in [0.29, 0.717) is 24.6 Å². The zero-order valence-electron chi connectivity index (χ0n) is 11.1. The van der Waals surface area contributed by atoms with Crippen LogP contribution in [0.2, 0.25) is 0 Å². The van der Waals surface area contributed by atoms with Crippen LogP contribution in [0.25, 0.3) is 0 Å². The first kappa shape index (κ1) is 15.1. The molecular weight excluding hydrogens is 234 g/mol. The Morgan fingerprint density at radius 2 is 1.89 bits per heavy atom. The number of hydrogen-bond donors (Lipinski definition) is 2. The number of rotatable bonds is 8. The van der Waals surface area contributed by atoms with Crippen molar-refractivity contribution in [3.63, 3.8) is 0 Å². The highest BCUT2D eigenvalue weighted by Gasteiger charge is 2.06. The van der Waals surface area contributed by atoms with Gasteiger partial charge in [0.05, 0.1) is 0 Å². The minimum Gasteiger partial charge on any atom is -0.316 e. The van der Waals surface area contributed by atoms with E-state index in [1.165, 1.54) is 0 Å². The molecule has 1 aromatic rings. The summed E-state index contributed by atoms with van der Waals surface area (Å²) in [6, 6.07) is 4.82. The summed E-state index contributed by atoms with van der Waals surface area (Å²) >= 11 is 0. The van der Waals surface area contributed by atoms with Gasteiger partial charge in [-0.15, -0.1) is 0 Å². The van der Waals surface area contributed by atoms with Crippen molar-refractivity contribution in [2.75, 3.05) is 19.6 Å². The first-order chi connectivity index (χ1) is 8.61. The van der Waals surface area contributed by atoms with E-state index in [2.05, 4.69) is 24.5 Å². The van der Waals surface area contributed by atoms with Gasteiger partial charge in [-0.25, -0.2) is 8.78 Å². The molecule has 0 aliphatic carbocycles. The van der Waals surface area contributed by atoms with E-state index in [1.54, 1.807) is 12.1 Å². The number of nitrogens with one attached hydrogen (secondary N) is 2. The van der Waals surface area contributed by atoms with Crippen LogP contribution in [0.3, 0.4) is 0 Å². The van der Waals surface area contributed by atoms with Gasteiger partial charge in [-0.2, -0.15) is 0 Å². The fourth-order valence-electron chi connectivity index (χ4n) is 1.69. The summed E-state index contributed by atoms with van der Waals surface area (Å²) in [4.78, 5) is 0. The Morgan fingerprint density at radius 3 is 2.61 bits per heavy atom. The Bertz CT molecular complexity index is 354. The van der Waals surface area contributed by atoms with E-state index in [1.807, 2.05) is 0 Å². The number of hydrogen-bond acceptors (Lipinski definition) is 2. The Kier molecular flexibility index (Phi) is 6.83. The van der Waals surface area contributed by atoms with Gasteiger partial charge in [0.25, 0.3) is 0 Å². The van der Waals surface area contributed by atoms with Crippen LogP contribution in [0, 0.1) is 11.6 Å². The average molecular weight is 256 g/mol. The van der Waals surface area contributed by atoms with Crippen LogP contribution in [0.4, 0.5) is 8.78 Å². The van der Waals surface area contributed by atoms with Gasteiger partial charge in [0.2, 0.25) is 0 Å². The van der Waals surface area contributed by atoms with Crippen molar-refractivity contribution in [2.24, 2.45) is 0 Å². The summed E-state index contributed by atoms with van der Waals surface area (Å²) in [5.74, 6) is -1.49. The third-order valence-corrected chi connectivity index (χ3v) is 2.69. The molecule has 2 nitrogen and oxygen atoms in total. The van der Waals surface area contributed by atoms with Gasteiger partial charge < -0.3 is 10.6 Å². The first-order valence-corrected chi connectivity index (χ1v) is 6.48. The molecule has 0 saturated carbocycles. The monoisotopic (exact) mass is 256 g/mol. The van der Waals surface area contributed by atoms with Crippen LogP contribution in [0.1, 0.15) is 25.8 Å². The molecule has 1 rings (SSSR count). The van der Waals surface area contributed by atoms with Crippen molar-refractivity contribution < 1.29 is 8.78 Å². The standard InChI is InChI=1S/C14H22F2N2/c1-11(2)18-9-4-8-17-10-7-12-5-3-6-13(15)14(12)16/h3,5-6,11,17-18H,4,7-10H2,1-2H3. The van der Waals surface area contributed by atoms with Gasteiger partial charge in [0.15, 0.2) is 11.6 Å². The molecule has 0 aliphatic heterocycles. The Hall–Kier alpha value is -1.00. The summed E-state index contributed by atoms with van der Waals surface area (Å²) in [7, 11) is 0. The lowest BCUT2D eigenvalue weighted by Crippen LogP contribution is -2.27. The molecule has 4 heteroatoms. The second-order valence-corrected chi connectivity index (χ2v) is 4.68. The maximum Gasteiger partial charge on any atom is 0.162 e. The van der Waals surface area contributed by atoms with E-state index < -0.39 is 11.6 Å². The SMILES string of the molecule is CC(C)NCCCNCCc1cccc(F)c1F. The van der Waals surface area contributed by atoms with E-state index in [4.69, 9.17) is 0 Å². The van der Waals surface area contributed by atoms with E-state index in [0.717, 1.165) is 25.6 Å². The quantitative estimate of drug-likeness (QED) is 0.698. The molecule has 102 valence electrons. The smallest absolute Gasteiger partial charge is 0.162 e. The zero-order chi connectivity index (χ0) is 13.4. The fourth-order valence-corrected chi connectivity index (χ4v) is 1.69. The predicted molar refractivity (Wildman–Crippen MR) is 70.7 cm³/mol. The lowest BCUT2D eigenvalue weighted by atomic mass is 10.1. The maximum atomic E-state index is 13.3. The molecule has 0 aromatic heterocycles. The highest BCUT2D eigenvalue weighted by atomic mass is 19.2. The highest BCUT2D eigenvalue weighted by molar-refractivity contribution is 5.19. The minimum atomic E-state index is -0.770. The third kappa shape index (κ3) is 5.56. The van der Waals surface area contributed by atoms with Crippen LogP contribution < -0.4 is 10.6 Å². The second kappa shape index (κ2) is 8.16. The predicted octanol–water partition coefficient (Wildman–Crippen LogP) is 2.49. The Labute approximate surface area is 108 Å². The molecule has 1 aromatic carbocycles. The van der Waals surface area contributed by atoms with Crippen molar-refractivity contribution in [3.05, 3.63) is 35.4 Å². The highest BCUT2D eigenvalue weighted by Crippen LogP contribution is 2.11. The molecule has 0 atom stereocenters. The molecule has 0 aliphatic rings. The van der Waals surface area contributed by atoms with E-state index >= 15 is 0 Å². The fraction of sp³-hybridized carbons (Fsp3) is 0.571. The molecule has 2 N–H and O–H groups in total. The van der Waals surface area contributed by atoms with Gasteiger partial charge in [-0.3, -0.25) is 0 Å². The normalized spacial score (nSPS) is 11.2. The second-order valence-electron chi connectivity index (χ2n) is 4.68. The van der Waals surface area contributed by atoms with Crippen molar-refractivity contribution >= 4 is 0 Å². The molecule has 18 heavy (non-hydrogen) atoms. The van der Waals surface area contributed by atoms with Crippen molar-refractivity contribution in [1.82, 2.24) is 10.6 Å². The van der Waals surface area contributed by atoms with Gasteiger partial charge in [0.1, 0.15) is 0 Å².